The minimum Gasteiger partial charge on any atom is -0.481 e. The zero-order valence-corrected chi connectivity index (χ0v) is 20.6. The van der Waals surface area contributed by atoms with E-state index in [1.165, 1.54) is 17.0 Å². The first kappa shape index (κ1) is 26.5. The van der Waals surface area contributed by atoms with E-state index in [1.807, 2.05) is 36.4 Å². The summed E-state index contributed by atoms with van der Waals surface area (Å²) in [6.07, 6.45) is -0.358. The Hall–Kier alpha value is -4.55. The Morgan fingerprint density at radius 3 is 2.42 bits per heavy atom. The van der Waals surface area contributed by atoms with Crippen molar-refractivity contribution in [1.82, 2.24) is 4.90 Å². The van der Waals surface area contributed by atoms with Gasteiger partial charge in [0.1, 0.15) is 6.10 Å². The van der Waals surface area contributed by atoms with Crippen LogP contribution in [0.5, 0.6) is 0 Å². The molecule has 2 N–H and O–H groups in total. The highest BCUT2D eigenvalue weighted by Gasteiger charge is 2.44. The molecule has 1 amide bonds. The first-order valence-electron chi connectivity index (χ1n) is 12.3. The molecule has 9 nitrogen and oxygen atoms in total. The van der Waals surface area contributed by atoms with Crippen molar-refractivity contribution in [2.45, 2.75) is 37.8 Å². The second-order valence-electron chi connectivity index (χ2n) is 9.38. The molecule has 194 valence electrons. The lowest BCUT2D eigenvalue weighted by atomic mass is 9.92. The number of carboxylic acids is 1. The number of likely N-dealkylation sites (tertiary alicyclic amines) is 1. The fourth-order valence-corrected chi connectivity index (χ4v) is 5.05. The molecule has 4 rings (SSSR count). The Balaban J connectivity index is 1.60. The Morgan fingerprint density at radius 1 is 1.11 bits per heavy atom. The van der Waals surface area contributed by atoms with Crippen LogP contribution in [0.1, 0.15) is 42.1 Å². The van der Waals surface area contributed by atoms with Crippen LogP contribution in [0.25, 0.3) is 11.1 Å². The molecule has 1 aliphatic heterocycles. The number of carbonyl (C=O) groups excluding carboxylic acids is 1. The molecule has 9 heteroatoms. The Kier molecular flexibility index (Phi) is 8.14. The molecule has 0 spiro atoms. The summed E-state index contributed by atoms with van der Waals surface area (Å²) in [7, 11) is 0. The van der Waals surface area contributed by atoms with Crippen molar-refractivity contribution >= 4 is 17.6 Å². The van der Waals surface area contributed by atoms with Crippen LogP contribution in [-0.2, 0) is 16.0 Å². The van der Waals surface area contributed by atoms with Crippen LogP contribution in [0, 0.1) is 27.4 Å². The number of carbonyl (C=O) groups is 2. The maximum absolute atomic E-state index is 13.1. The summed E-state index contributed by atoms with van der Waals surface area (Å²) >= 11 is 0. The Labute approximate surface area is 219 Å². The number of amides is 1. The van der Waals surface area contributed by atoms with Crippen LogP contribution in [0.2, 0.25) is 0 Å². The molecule has 3 aromatic rings. The quantitative estimate of drug-likeness (QED) is 0.300. The molecule has 1 fully saturated rings. The topological polar surface area (TPSA) is 145 Å². The number of nitriles is 1. The van der Waals surface area contributed by atoms with Gasteiger partial charge in [-0.3, -0.25) is 19.7 Å². The lowest BCUT2D eigenvalue weighted by Gasteiger charge is -2.29. The molecule has 0 bridgehead atoms. The number of aryl methyl sites for hydroxylation is 1. The van der Waals surface area contributed by atoms with Crippen molar-refractivity contribution < 1.29 is 24.7 Å². The Morgan fingerprint density at radius 2 is 1.79 bits per heavy atom. The van der Waals surface area contributed by atoms with Crippen LogP contribution >= 0.6 is 0 Å². The molecule has 38 heavy (non-hydrogen) atoms. The number of nitro benzene ring substituents is 1. The molecule has 3 atom stereocenters. The fraction of sp³-hybridized carbons (Fsp3) is 0.276. The zero-order valence-electron chi connectivity index (χ0n) is 20.6. The average molecular weight is 514 g/mol. The van der Waals surface area contributed by atoms with Crippen molar-refractivity contribution in [1.29, 1.82) is 5.26 Å². The summed E-state index contributed by atoms with van der Waals surface area (Å²) in [4.78, 5) is 37.4. The fourth-order valence-electron chi connectivity index (χ4n) is 5.05. The summed E-state index contributed by atoms with van der Waals surface area (Å²) in [6.45, 7) is 0.294. The number of nitrogens with zero attached hydrogens (tertiary/aromatic N) is 3. The van der Waals surface area contributed by atoms with E-state index in [1.54, 1.807) is 30.3 Å². The van der Waals surface area contributed by atoms with Gasteiger partial charge in [0.05, 0.1) is 40.5 Å². The number of aliphatic hydroxyl groups is 1. The maximum atomic E-state index is 13.1. The lowest BCUT2D eigenvalue weighted by molar-refractivity contribution is -0.386. The van der Waals surface area contributed by atoms with Gasteiger partial charge in [0.25, 0.3) is 5.69 Å². The molecule has 0 saturated carbocycles. The van der Waals surface area contributed by atoms with Crippen molar-refractivity contribution in [3.8, 4) is 17.2 Å². The van der Waals surface area contributed by atoms with Gasteiger partial charge in [-0.05, 0) is 54.2 Å². The van der Waals surface area contributed by atoms with Gasteiger partial charge in [0.2, 0.25) is 5.91 Å². The van der Waals surface area contributed by atoms with Crippen molar-refractivity contribution in [3.05, 3.63) is 99.6 Å². The number of aliphatic hydroxyl groups excluding tert-OH is 1. The van der Waals surface area contributed by atoms with Gasteiger partial charge in [0.15, 0.2) is 0 Å². The second kappa shape index (κ2) is 11.7. The van der Waals surface area contributed by atoms with E-state index in [-0.39, 0.29) is 30.0 Å². The van der Waals surface area contributed by atoms with Gasteiger partial charge in [-0.25, -0.2) is 0 Å². The number of carboxylic acid groups (broad SMARTS) is 1. The predicted molar refractivity (Wildman–Crippen MR) is 139 cm³/mol. The highest BCUT2D eigenvalue weighted by molar-refractivity contribution is 5.85. The standard InChI is InChI=1S/C29H27N3O6/c30-18-20-8-10-21(11-9-20)22-12-13-24(25(15-22)32(37)38)28(35)26-16-23(17-27(33)34)29(36)31(26)14-4-7-19-5-2-1-3-6-19/h1-3,5-6,8-13,15,23,26,28,35H,4,7,14,16-17H2,(H,33,34)/t23-,26-,28?/m0/s1. The normalized spacial score (nSPS) is 17.7. The van der Waals surface area contributed by atoms with Gasteiger partial charge < -0.3 is 15.1 Å². The highest BCUT2D eigenvalue weighted by Crippen LogP contribution is 2.39. The van der Waals surface area contributed by atoms with E-state index in [4.69, 9.17) is 5.26 Å². The number of hydrogen-bond donors (Lipinski definition) is 2. The van der Waals surface area contributed by atoms with Crippen LogP contribution in [0.15, 0.2) is 72.8 Å². The van der Waals surface area contributed by atoms with Gasteiger partial charge in [-0.15, -0.1) is 0 Å². The molecule has 0 aliphatic carbocycles. The summed E-state index contributed by atoms with van der Waals surface area (Å²) < 4.78 is 0. The largest absolute Gasteiger partial charge is 0.481 e. The summed E-state index contributed by atoms with van der Waals surface area (Å²) in [6, 6.07) is 22.1. The summed E-state index contributed by atoms with van der Waals surface area (Å²) in [5, 5.41) is 41.7. The van der Waals surface area contributed by atoms with Crippen molar-refractivity contribution in [3.63, 3.8) is 0 Å². The average Bonchev–Trinajstić information content (AvgIpc) is 3.22. The van der Waals surface area contributed by atoms with E-state index in [2.05, 4.69) is 0 Å². The van der Waals surface area contributed by atoms with Crippen molar-refractivity contribution in [2.75, 3.05) is 6.54 Å². The highest BCUT2D eigenvalue weighted by atomic mass is 16.6. The number of nitro groups is 1. The summed E-state index contributed by atoms with van der Waals surface area (Å²) in [5.74, 6) is -2.28. The molecular weight excluding hydrogens is 486 g/mol. The molecule has 1 unspecified atom stereocenters. The SMILES string of the molecule is N#Cc1ccc(-c2ccc(C(O)[C@@H]3C[C@@H](CC(=O)O)C(=O)N3CCCc3ccccc3)c([N+](=O)[O-])c2)cc1. The zero-order chi connectivity index (χ0) is 27.2. The van der Waals surface area contributed by atoms with E-state index >= 15 is 0 Å². The van der Waals surface area contributed by atoms with E-state index in [9.17, 15) is 29.9 Å². The molecular formula is C29H27N3O6. The number of aliphatic carboxylic acids is 1. The molecule has 1 saturated heterocycles. The van der Waals surface area contributed by atoms with Crippen LogP contribution in [0.4, 0.5) is 5.69 Å². The minimum absolute atomic E-state index is 0.0641. The monoisotopic (exact) mass is 513 g/mol. The van der Waals surface area contributed by atoms with Crippen LogP contribution in [0.3, 0.4) is 0 Å². The lowest BCUT2D eigenvalue weighted by Crippen LogP contribution is -2.38. The predicted octanol–water partition coefficient (Wildman–Crippen LogP) is 4.49. The molecule has 3 aromatic carbocycles. The Bertz CT molecular complexity index is 1370. The smallest absolute Gasteiger partial charge is 0.304 e. The molecule has 0 radical (unpaired) electrons. The first-order chi connectivity index (χ1) is 18.3. The van der Waals surface area contributed by atoms with E-state index in [0.29, 0.717) is 36.1 Å². The van der Waals surface area contributed by atoms with E-state index in [0.717, 1.165) is 5.56 Å². The van der Waals surface area contributed by atoms with Crippen LogP contribution in [-0.4, -0.2) is 44.5 Å². The molecule has 1 heterocycles. The third-order valence-corrected chi connectivity index (χ3v) is 6.94. The van der Waals surface area contributed by atoms with Gasteiger partial charge >= 0.3 is 5.97 Å². The van der Waals surface area contributed by atoms with Gasteiger partial charge in [0, 0.05) is 12.6 Å². The maximum Gasteiger partial charge on any atom is 0.304 e. The number of rotatable bonds is 10. The first-order valence-corrected chi connectivity index (χ1v) is 12.3. The molecule has 1 aliphatic rings. The van der Waals surface area contributed by atoms with Gasteiger partial charge in [-0.2, -0.15) is 5.26 Å². The van der Waals surface area contributed by atoms with Crippen molar-refractivity contribution in [2.24, 2.45) is 5.92 Å². The van der Waals surface area contributed by atoms with Crippen LogP contribution < -0.4 is 0 Å². The summed E-state index contributed by atoms with van der Waals surface area (Å²) in [5.41, 5.74) is 2.54. The third-order valence-electron chi connectivity index (χ3n) is 6.94. The second-order valence-corrected chi connectivity index (χ2v) is 9.38. The van der Waals surface area contributed by atoms with E-state index < -0.39 is 29.0 Å². The molecule has 0 aromatic heterocycles. The third kappa shape index (κ3) is 5.88. The minimum atomic E-state index is -1.37. The number of hydrogen-bond acceptors (Lipinski definition) is 6. The van der Waals surface area contributed by atoms with Gasteiger partial charge in [-0.1, -0.05) is 48.5 Å². The number of benzene rings is 3.